The van der Waals surface area contributed by atoms with Crippen molar-refractivity contribution in [2.45, 2.75) is 6.61 Å². The Labute approximate surface area is 98.9 Å². The summed E-state index contributed by atoms with van der Waals surface area (Å²) in [6, 6.07) is 11.5. The topological polar surface area (TPSA) is 61.6 Å². The maximum atomic E-state index is 10.6. The van der Waals surface area contributed by atoms with Crippen LogP contribution in [0.2, 0.25) is 0 Å². The average molecular weight is 231 g/mol. The summed E-state index contributed by atoms with van der Waals surface area (Å²) in [5.74, 6) is 0.797. The predicted octanol–water partition coefficient (Wildman–Crippen LogP) is 2.44. The minimum absolute atomic E-state index is 0.180. The molecule has 0 aliphatic carbocycles. The van der Waals surface area contributed by atoms with E-state index < -0.39 is 6.09 Å². The summed E-state index contributed by atoms with van der Waals surface area (Å²) in [7, 11) is 1.63. The van der Waals surface area contributed by atoms with Crippen molar-refractivity contribution in [1.82, 2.24) is 0 Å². The molecule has 2 rings (SSSR count). The van der Waals surface area contributed by atoms with Gasteiger partial charge < -0.3 is 15.2 Å². The van der Waals surface area contributed by atoms with E-state index in [1.807, 2.05) is 36.4 Å². The number of hydrogen-bond donors (Lipinski definition) is 1. The smallest absolute Gasteiger partial charge is 0.404 e. The Kier molecular flexibility index (Phi) is 3.14. The Bertz CT molecular complexity index is 551. The third-order valence-corrected chi connectivity index (χ3v) is 2.55. The van der Waals surface area contributed by atoms with Gasteiger partial charge in [0.05, 0.1) is 7.11 Å². The molecule has 0 aliphatic heterocycles. The van der Waals surface area contributed by atoms with Crippen molar-refractivity contribution in [2.75, 3.05) is 7.11 Å². The van der Waals surface area contributed by atoms with E-state index in [-0.39, 0.29) is 6.61 Å². The van der Waals surface area contributed by atoms with E-state index in [9.17, 15) is 4.79 Å². The van der Waals surface area contributed by atoms with Crippen LogP contribution in [0.3, 0.4) is 0 Å². The molecule has 4 nitrogen and oxygen atoms in total. The quantitative estimate of drug-likeness (QED) is 0.882. The van der Waals surface area contributed by atoms with Crippen LogP contribution in [-0.2, 0) is 11.3 Å². The molecule has 0 aromatic heterocycles. The Hall–Kier alpha value is -2.23. The van der Waals surface area contributed by atoms with Gasteiger partial charge in [0.15, 0.2) is 0 Å². The van der Waals surface area contributed by atoms with Gasteiger partial charge in [0.1, 0.15) is 12.4 Å². The summed E-state index contributed by atoms with van der Waals surface area (Å²) in [5, 5.41) is 2.06. The van der Waals surface area contributed by atoms with Gasteiger partial charge in [-0.25, -0.2) is 4.79 Å². The zero-order valence-electron chi connectivity index (χ0n) is 9.47. The third-order valence-electron chi connectivity index (χ3n) is 2.55. The summed E-state index contributed by atoms with van der Waals surface area (Å²) in [4.78, 5) is 10.6. The summed E-state index contributed by atoms with van der Waals surface area (Å²) >= 11 is 0. The van der Waals surface area contributed by atoms with Gasteiger partial charge in [-0.3, -0.25) is 0 Å². The van der Waals surface area contributed by atoms with Crippen LogP contribution in [0.4, 0.5) is 4.79 Å². The summed E-state index contributed by atoms with van der Waals surface area (Å²) in [6.07, 6.45) is -0.768. The van der Waals surface area contributed by atoms with Gasteiger partial charge in [-0.1, -0.05) is 24.3 Å². The number of benzene rings is 2. The molecule has 0 atom stereocenters. The fourth-order valence-corrected chi connectivity index (χ4v) is 1.73. The van der Waals surface area contributed by atoms with Crippen LogP contribution in [0.5, 0.6) is 5.75 Å². The van der Waals surface area contributed by atoms with Gasteiger partial charge in [-0.05, 0) is 28.5 Å². The van der Waals surface area contributed by atoms with Gasteiger partial charge in [-0.15, -0.1) is 0 Å². The van der Waals surface area contributed by atoms with Gasteiger partial charge in [0, 0.05) is 0 Å². The lowest BCUT2D eigenvalue weighted by Crippen LogP contribution is -2.12. The molecule has 0 unspecified atom stereocenters. The molecule has 4 heteroatoms. The van der Waals surface area contributed by atoms with E-state index in [4.69, 9.17) is 15.2 Å². The van der Waals surface area contributed by atoms with Gasteiger partial charge in [-0.2, -0.15) is 0 Å². The van der Waals surface area contributed by atoms with Crippen LogP contribution in [0, 0.1) is 0 Å². The minimum Gasteiger partial charge on any atom is -0.497 e. The molecule has 0 bridgehead atoms. The summed E-state index contributed by atoms with van der Waals surface area (Å²) < 4.78 is 9.96. The molecule has 2 aromatic carbocycles. The SMILES string of the molecule is COc1ccc2c(COC(N)=O)cccc2c1. The molecule has 1 amide bonds. The van der Waals surface area contributed by atoms with Gasteiger partial charge in [0.2, 0.25) is 0 Å². The van der Waals surface area contributed by atoms with Crippen molar-refractivity contribution in [3.63, 3.8) is 0 Å². The van der Waals surface area contributed by atoms with Gasteiger partial charge >= 0.3 is 6.09 Å². The second-order valence-electron chi connectivity index (χ2n) is 3.61. The van der Waals surface area contributed by atoms with Crippen LogP contribution >= 0.6 is 0 Å². The van der Waals surface area contributed by atoms with Crippen molar-refractivity contribution in [3.05, 3.63) is 42.0 Å². The normalized spacial score (nSPS) is 10.2. The van der Waals surface area contributed by atoms with Crippen molar-refractivity contribution >= 4 is 16.9 Å². The maximum absolute atomic E-state index is 10.6. The zero-order valence-corrected chi connectivity index (χ0v) is 9.47. The second kappa shape index (κ2) is 4.74. The first-order valence-electron chi connectivity index (χ1n) is 5.18. The highest BCUT2D eigenvalue weighted by Gasteiger charge is 2.03. The first-order chi connectivity index (χ1) is 8.20. The monoisotopic (exact) mass is 231 g/mol. The van der Waals surface area contributed by atoms with E-state index in [1.165, 1.54) is 0 Å². The zero-order chi connectivity index (χ0) is 12.3. The molecule has 0 radical (unpaired) electrons. The number of rotatable bonds is 3. The van der Waals surface area contributed by atoms with E-state index in [1.54, 1.807) is 7.11 Å². The standard InChI is InChI=1S/C13H13NO3/c1-16-11-5-6-12-9(7-11)3-2-4-10(12)8-17-13(14)15/h2-7H,8H2,1H3,(H2,14,15). The number of primary amides is 1. The molecule has 0 saturated heterocycles. The molecule has 0 aliphatic rings. The van der Waals surface area contributed by atoms with Crippen LogP contribution in [0.15, 0.2) is 36.4 Å². The maximum Gasteiger partial charge on any atom is 0.404 e. The molecule has 88 valence electrons. The van der Waals surface area contributed by atoms with Crippen molar-refractivity contribution in [1.29, 1.82) is 0 Å². The largest absolute Gasteiger partial charge is 0.497 e. The number of carbonyl (C=O) groups excluding carboxylic acids is 1. The highest BCUT2D eigenvalue weighted by molar-refractivity contribution is 5.87. The molecule has 17 heavy (non-hydrogen) atoms. The Morgan fingerprint density at radius 1 is 1.29 bits per heavy atom. The third kappa shape index (κ3) is 2.47. The van der Waals surface area contributed by atoms with E-state index in [0.717, 1.165) is 22.1 Å². The second-order valence-corrected chi connectivity index (χ2v) is 3.61. The van der Waals surface area contributed by atoms with Gasteiger partial charge in [0.25, 0.3) is 0 Å². The fraction of sp³-hybridized carbons (Fsp3) is 0.154. The lowest BCUT2D eigenvalue weighted by molar-refractivity contribution is 0.150. The number of ether oxygens (including phenoxy) is 2. The van der Waals surface area contributed by atoms with Crippen LogP contribution in [-0.4, -0.2) is 13.2 Å². The van der Waals surface area contributed by atoms with Crippen molar-refractivity contribution in [2.24, 2.45) is 5.73 Å². The van der Waals surface area contributed by atoms with E-state index >= 15 is 0 Å². The van der Waals surface area contributed by atoms with Crippen molar-refractivity contribution in [3.8, 4) is 5.75 Å². The van der Waals surface area contributed by atoms with Crippen molar-refractivity contribution < 1.29 is 14.3 Å². The number of amides is 1. The predicted molar refractivity (Wildman–Crippen MR) is 64.9 cm³/mol. The molecule has 2 N–H and O–H groups in total. The molecule has 0 saturated carbocycles. The summed E-state index contributed by atoms with van der Waals surface area (Å²) in [6.45, 7) is 0.180. The average Bonchev–Trinajstić information content (AvgIpc) is 2.35. The highest BCUT2D eigenvalue weighted by atomic mass is 16.5. The highest BCUT2D eigenvalue weighted by Crippen LogP contribution is 2.24. The molecule has 0 fully saturated rings. The first kappa shape index (κ1) is 11.3. The lowest BCUT2D eigenvalue weighted by Gasteiger charge is -2.07. The number of methoxy groups -OCH3 is 1. The number of fused-ring (bicyclic) bond motifs is 1. The number of hydrogen-bond acceptors (Lipinski definition) is 3. The Morgan fingerprint density at radius 2 is 2.12 bits per heavy atom. The van der Waals surface area contributed by atoms with Crippen LogP contribution in [0.1, 0.15) is 5.56 Å². The molecular weight excluding hydrogens is 218 g/mol. The number of nitrogens with two attached hydrogens (primary N) is 1. The van der Waals surface area contributed by atoms with Crippen LogP contribution in [0.25, 0.3) is 10.8 Å². The lowest BCUT2D eigenvalue weighted by atomic mass is 10.0. The molecular formula is C13H13NO3. The Morgan fingerprint density at radius 3 is 2.82 bits per heavy atom. The molecule has 2 aromatic rings. The number of carbonyl (C=O) groups is 1. The van der Waals surface area contributed by atoms with E-state index in [0.29, 0.717) is 0 Å². The Balaban J connectivity index is 2.39. The molecule has 0 heterocycles. The first-order valence-corrected chi connectivity index (χ1v) is 5.18. The van der Waals surface area contributed by atoms with Crippen LogP contribution < -0.4 is 10.5 Å². The minimum atomic E-state index is -0.768. The van der Waals surface area contributed by atoms with E-state index in [2.05, 4.69) is 0 Å². The fourth-order valence-electron chi connectivity index (χ4n) is 1.73. The summed E-state index contributed by atoms with van der Waals surface area (Å²) in [5.41, 5.74) is 5.87. The molecule has 0 spiro atoms.